The largest absolute Gasteiger partial charge is 0.350 e. The van der Waals surface area contributed by atoms with Crippen LogP contribution in [-0.4, -0.2) is 9.97 Å². The lowest BCUT2D eigenvalue weighted by molar-refractivity contribution is 1.06. The second-order valence-corrected chi connectivity index (χ2v) is 9.00. The summed E-state index contributed by atoms with van der Waals surface area (Å²) in [7, 11) is 0. The van der Waals surface area contributed by atoms with Crippen LogP contribution in [0.5, 0.6) is 0 Å². The lowest BCUT2D eigenvalue weighted by Gasteiger charge is -2.09. The van der Waals surface area contributed by atoms with E-state index in [-0.39, 0.29) is 0 Å². The minimum Gasteiger partial charge on any atom is -0.350 e. The van der Waals surface area contributed by atoms with E-state index in [1.165, 1.54) is 36.6 Å². The number of anilines is 1. The third-order valence-corrected chi connectivity index (χ3v) is 6.81. The fraction of sp³-hybridized carbons (Fsp3) is 0.0714. The molecule has 0 atom stereocenters. The van der Waals surface area contributed by atoms with Crippen LogP contribution < -0.4 is 5.32 Å². The van der Waals surface area contributed by atoms with Gasteiger partial charge < -0.3 is 5.32 Å². The molecule has 32 heavy (non-hydrogen) atoms. The average molecular weight is 527 g/mol. The van der Waals surface area contributed by atoms with Crippen molar-refractivity contribution in [2.45, 2.75) is 13.5 Å². The fourth-order valence-electron chi connectivity index (χ4n) is 3.77. The maximum absolute atomic E-state index is 4.73. The van der Waals surface area contributed by atoms with E-state index >= 15 is 0 Å². The van der Waals surface area contributed by atoms with Crippen LogP contribution >= 0.6 is 22.6 Å². The van der Waals surface area contributed by atoms with Crippen molar-refractivity contribution >= 4 is 39.3 Å². The molecule has 0 aliphatic rings. The zero-order valence-corrected chi connectivity index (χ0v) is 19.9. The molecule has 0 unspecified atom stereocenters. The minimum atomic E-state index is 0.632. The average Bonchev–Trinajstić information content (AvgIpc) is 2.85. The van der Waals surface area contributed by atoms with Crippen molar-refractivity contribution in [2.75, 3.05) is 5.32 Å². The molecule has 0 saturated carbocycles. The molecule has 4 heteroatoms. The van der Waals surface area contributed by atoms with Gasteiger partial charge in [0.15, 0.2) is 0 Å². The van der Waals surface area contributed by atoms with Gasteiger partial charge in [0.1, 0.15) is 0 Å². The molecule has 0 aliphatic heterocycles. The highest BCUT2D eigenvalue weighted by molar-refractivity contribution is 14.1. The zero-order chi connectivity index (χ0) is 21.9. The van der Waals surface area contributed by atoms with Gasteiger partial charge in [-0.1, -0.05) is 72.8 Å². The Morgan fingerprint density at radius 3 is 2.31 bits per heavy atom. The Morgan fingerprint density at radius 2 is 1.50 bits per heavy atom. The summed E-state index contributed by atoms with van der Waals surface area (Å²) in [5.41, 5.74) is 6.97. The molecule has 4 aromatic carbocycles. The van der Waals surface area contributed by atoms with Crippen molar-refractivity contribution < 1.29 is 0 Å². The molecule has 0 fully saturated rings. The summed E-state index contributed by atoms with van der Waals surface area (Å²) in [4.78, 5) is 9.13. The van der Waals surface area contributed by atoms with E-state index in [9.17, 15) is 0 Å². The van der Waals surface area contributed by atoms with Gasteiger partial charge in [-0.05, 0) is 80.7 Å². The molecule has 0 amide bonds. The quantitative estimate of drug-likeness (QED) is 0.241. The van der Waals surface area contributed by atoms with Crippen LogP contribution in [0.2, 0.25) is 0 Å². The van der Waals surface area contributed by atoms with Gasteiger partial charge in [-0.25, -0.2) is 9.97 Å². The van der Waals surface area contributed by atoms with Gasteiger partial charge in [0.25, 0.3) is 0 Å². The molecule has 0 radical (unpaired) electrons. The molecule has 1 N–H and O–H groups in total. The van der Waals surface area contributed by atoms with Crippen molar-refractivity contribution in [2.24, 2.45) is 0 Å². The third-order valence-electron chi connectivity index (χ3n) is 5.60. The van der Waals surface area contributed by atoms with Crippen LogP contribution in [0.1, 0.15) is 11.1 Å². The molecular formula is C28H22IN3. The van der Waals surface area contributed by atoms with E-state index in [2.05, 4.69) is 125 Å². The first-order chi connectivity index (χ1) is 15.7. The summed E-state index contributed by atoms with van der Waals surface area (Å²) in [5.74, 6) is 0.632. The van der Waals surface area contributed by atoms with Crippen LogP contribution in [0.25, 0.3) is 33.2 Å². The van der Waals surface area contributed by atoms with E-state index in [1.54, 1.807) is 0 Å². The van der Waals surface area contributed by atoms with E-state index in [0.717, 1.165) is 11.3 Å². The maximum atomic E-state index is 4.73. The van der Waals surface area contributed by atoms with Crippen LogP contribution in [-0.2, 0) is 6.54 Å². The summed E-state index contributed by atoms with van der Waals surface area (Å²) < 4.78 is 1.29. The van der Waals surface area contributed by atoms with E-state index in [1.807, 2.05) is 12.3 Å². The summed E-state index contributed by atoms with van der Waals surface area (Å²) in [5, 5.41) is 5.80. The van der Waals surface area contributed by atoms with Crippen molar-refractivity contribution in [3.8, 4) is 22.4 Å². The number of halogens is 1. The second kappa shape index (κ2) is 9.09. The predicted octanol–water partition coefficient (Wildman–Crippen LogP) is 7.49. The van der Waals surface area contributed by atoms with Crippen LogP contribution in [0.15, 0.2) is 97.2 Å². The molecule has 5 rings (SSSR count). The Labute approximate surface area is 201 Å². The number of nitrogens with one attached hydrogen (secondary N) is 1. The summed E-state index contributed by atoms with van der Waals surface area (Å²) >= 11 is 2.37. The Morgan fingerprint density at radius 1 is 0.750 bits per heavy atom. The molecular weight excluding hydrogens is 505 g/mol. The van der Waals surface area contributed by atoms with Gasteiger partial charge in [0, 0.05) is 21.9 Å². The van der Waals surface area contributed by atoms with Gasteiger partial charge in [-0.2, -0.15) is 0 Å². The Hall–Kier alpha value is -3.25. The standard InChI is InChI=1S/C28H22IN3/c1-19-16-24(12-13-26(19)29)22-8-6-20(7-9-22)18-31-28-30-15-14-27(32-28)25-11-10-21-4-2-3-5-23(21)17-25/h2-17H,18H2,1H3,(H,30,31,32). The minimum absolute atomic E-state index is 0.632. The Bertz CT molecular complexity index is 1390. The van der Waals surface area contributed by atoms with Gasteiger partial charge >= 0.3 is 0 Å². The number of aromatic nitrogens is 2. The fourth-order valence-corrected chi connectivity index (χ4v) is 4.11. The number of aryl methyl sites for hydroxylation is 1. The second-order valence-electron chi connectivity index (χ2n) is 7.84. The van der Waals surface area contributed by atoms with Crippen molar-refractivity contribution in [3.63, 3.8) is 0 Å². The van der Waals surface area contributed by atoms with Crippen molar-refractivity contribution in [1.29, 1.82) is 0 Å². The molecule has 3 nitrogen and oxygen atoms in total. The van der Waals surface area contributed by atoms with Crippen LogP contribution in [0.4, 0.5) is 5.95 Å². The zero-order valence-electron chi connectivity index (χ0n) is 17.7. The highest BCUT2D eigenvalue weighted by atomic mass is 127. The van der Waals surface area contributed by atoms with Crippen molar-refractivity contribution in [1.82, 2.24) is 9.97 Å². The normalized spacial score (nSPS) is 10.9. The number of benzene rings is 4. The third kappa shape index (κ3) is 4.50. The van der Waals surface area contributed by atoms with E-state index < -0.39 is 0 Å². The molecule has 0 aliphatic carbocycles. The molecule has 0 bridgehead atoms. The van der Waals surface area contributed by atoms with Gasteiger partial charge in [-0.3, -0.25) is 0 Å². The first-order valence-electron chi connectivity index (χ1n) is 10.6. The molecule has 1 aromatic heterocycles. The first kappa shape index (κ1) is 20.6. The van der Waals surface area contributed by atoms with E-state index in [4.69, 9.17) is 4.98 Å². The van der Waals surface area contributed by atoms with Gasteiger partial charge in [-0.15, -0.1) is 0 Å². The highest BCUT2D eigenvalue weighted by Gasteiger charge is 2.05. The summed E-state index contributed by atoms with van der Waals surface area (Å²) in [6, 6.07) is 32.0. The number of hydrogen-bond acceptors (Lipinski definition) is 3. The molecule has 1 heterocycles. The number of rotatable bonds is 5. The van der Waals surface area contributed by atoms with Crippen LogP contribution in [0.3, 0.4) is 0 Å². The van der Waals surface area contributed by atoms with Gasteiger partial charge in [0.2, 0.25) is 5.95 Å². The monoisotopic (exact) mass is 527 g/mol. The lowest BCUT2D eigenvalue weighted by atomic mass is 10.0. The van der Waals surface area contributed by atoms with E-state index in [0.29, 0.717) is 12.5 Å². The maximum Gasteiger partial charge on any atom is 0.223 e. The molecule has 0 spiro atoms. The van der Waals surface area contributed by atoms with Gasteiger partial charge in [0.05, 0.1) is 5.69 Å². The van der Waals surface area contributed by atoms with Crippen molar-refractivity contribution in [3.05, 3.63) is 112 Å². The summed E-state index contributed by atoms with van der Waals surface area (Å²) in [6.45, 7) is 2.82. The first-order valence-corrected chi connectivity index (χ1v) is 11.7. The van der Waals surface area contributed by atoms with Crippen LogP contribution in [0, 0.1) is 10.5 Å². The highest BCUT2D eigenvalue weighted by Crippen LogP contribution is 2.25. The number of fused-ring (bicyclic) bond motifs is 1. The SMILES string of the molecule is Cc1cc(-c2ccc(CNc3nccc(-c4ccc5ccccc5c4)n3)cc2)ccc1I. The molecule has 0 saturated heterocycles. The Balaban J connectivity index is 1.30. The smallest absolute Gasteiger partial charge is 0.223 e. The lowest BCUT2D eigenvalue weighted by Crippen LogP contribution is -2.03. The number of hydrogen-bond donors (Lipinski definition) is 1. The summed E-state index contributed by atoms with van der Waals surface area (Å²) in [6.07, 6.45) is 1.81. The number of nitrogens with zero attached hydrogens (tertiary/aromatic N) is 2. The predicted molar refractivity (Wildman–Crippen MR) is 142 cm³/mol. The molecule has 5 aromatic rings. The topological polar surface area (TPSA) is 37.8 Å². The Kier molecular flexibility index (Phi) is 5.86. The molecule has 156 valence electrons.